The largest absolute Gasteiger partial charge is 0.465 e. The summed E-state index contributed by atoms with van der Waals surface area (Å²) in [4.78, 5) is 24.6. The first-order valence-corrected chi connectivity index (χ1v) is 7.13. The van der Waals surface area contributed by atoms with Crippen molar-refractivity contribution in [2.45, 2.75) is 52.0 Å². The molecule has 2 aliphatic rings. The van der Waals surface area contributed by atoms with Crippen molar-refractivity contribution in [1.82, 2.24) is 10.2 Å². The van der Waals surface area contributed by atoms with Crippen LogP contribution in [0.5, 0.6) is 0 Å². The van der Waals surface area contributed by atoms with Crippen molar-refractivity contribution in [2.24, 2.45) is 11.3 Å². The van der Waals surface area contributed by atoms with E-state index in [4.69, 9.17) is 5.11 Å². The SMILES string of the molecule is CC1(C)CCN(C(=O)C[C@H]2C[C@@H](NC(=O)O)C2)CC1. The van der Waals surface area contributed by atoms with Crippen LogP contribution in [-0.4, -0.2) is 41.1 Å². The molecule has 1 aliphatic heterocycles. The molecule has 0 radical (unpaired) electrons. The van der Waals surface area contributed by atoms with Crippen LogP contribution in [0.3, 0.4) is 0 Å². The van der Waals surface area contributed by atoms with E-state index >= 15 is 0 Å². The van der Waals surface area contributed by atoms with Gasteiger partial charge >= 0.3 is 6.09 Å². The average Bonchev–Trinajstić information content (AvgIpc) is 2.25. The Kier molecular flexibility index (Phi) is 4.02. The zero-order valence-electron chi connectivity index (χ0n) is 11.8. The molecule has 1 saturated heterocycles. The lowest BCUT2D eigenvalue weighted by molar-refractivity contribution is -0.135. The Labute approximate surface area is 114 Å². The summed E-state index contributed by atoms with van der Waals surface area (Å²) in [5, 5.41) is 11.0. The number of nitrogens with zero attached hydrogens (tertiary/aromatic N) is 1. The molecular weight excluding hydrogens is 244 g/mol. The average molecular weight is 268 g/mol. The molecule has 0 aromatic carbocycles. The van der Waals surface area contributed by atoms with E-state index in [0.717, 1.165) is 38.8 Å². The highest BCUT2D eigenvalue weighted by Crippen LogP contribution is 2.33. The fourth-order valence-electron chi connectivity index (χ4n) is 2.93. The highest BCUT2D eigenvalue weighted by atomic mass is 16.4. The Morgan fingerprint density at radius 1 is 1.26 bits per heavy atom. The van der Waals surface area contributed by atoms with Crippen molar-refractivity contribution < 1.29 is 14.7 Å². The van der Waals surface area contributed by atoms with E-state index in [1.807, 2.05) is 4.90 Å². The van der Waals surface area contributed by atoms with Gasteiger partial charge in [-0.2, -0.15) is 0 Å². The van der Waals surface area contributed by atoms with Gasteiger partial charge in [-0.25, -0.2) is 4.79 Å². The van der Waals surface area contributed by atoms with E-state index in [-0.39, 0.29) is 11.9 Å². The van der Waals surface area contributed by atoms with E-state index in [1.165, 1.54) is 0 Å². The van der Waals surface area contributed by atoms with Gasteiger partial charge in [0, 0.05) is 25.6 Å². The molecule has 0 aromatic rings. The zero-order valence-corrected chi connectivity index (χ0v) is 11.8. The fourth-order valence-corrected chi connectivity index (χ4v) is 2.93. The summed E-state index contributed by atoms with van der Waals surface area (Å²) >= 11 is 0. The highest BCUT2D eigenvalue weighted by Gasteiger charge is 2.34. The number of nitrogens with one attached hydrogen (secondary N) is 1. The molecule has 1 aliphatic carbocycles. The molecular formula is C14H24N2O3. The summed E-state index contributed by atoms with van der Waals surface area (Å²) in [5.41, 5.74) is 0.365. The number of hydrogen-bond acceptors (Lipinski definition) is 2. The second-order valence-electron chi connectivity index (χ2n) is 6.73. The van der Waals surface area contributed by atoms with E-state index in [0.29, 0.717) is 17.8 Å². The van der Waals surface area contributed by atoms with Gasteiger partial charge < -0.3 is 15.3 Å². The summed E-state index contributed by atoms with van der Waals surface area (Å²) in [6, 6.07) is 0.0515. The van der Waals surface area contributed by atoms with Crippen molar-refractivity contribution in [3.05, 3.63) is 0 Å². The van der Waals surface area contributed by atoms with Gasteiger partial charge in [0.1, 0.15) is 0 Å². The molecule has 2 fully saturated rings. The number of carbonyl (C=O) groups excluding carboxylic acids is 1. The zero-order chi connectivity index (χ0) is 14.0. The molecule has 2 amide bonds. The minimum absolute atomic E-state index is 0.0515. The lowest BCUT2D eigenvalue weighted by atomic mass is 9.77. The van der Waals surface area contributed by atoms with Crippen LogP contribution in [0.4, 0.5) is 4.79 Å². The number of carboxylic acid groups (broad SMARTS) is 1. The van der Waals surface area contributed by atoms with Crippen LogP contribution in [0, 0.1) is 11.3 Å². The molecule has 0 aromatic heterocycles. The Balaban J connectivity index is 1.68. The molecule has 0 spiro atoms. The summed E-state index contributed by atoms with van der Waals surface area (Å²) in [6.45, 7) is 6.25. The van der Waals surface area contributed by atoms with Crippen molar-refractivity contribution in [3.8, 4) is 0 Å². The van der Waals surface area contributed by atoms with Crippen LogP contribution in [-0.2, 0) is 4.79 Å². The van der Waals surface area contributed by atoms with Gasteiger partial charge in [-0.1, -0.05) is 13.8 Å². The summed E-state index contributed by atoms with van der Waals surface area (Å²) < 4.78 is 0. The van der Waals surface area contributed by atoms with Gasteiger partial charge in [0.2, 0.25) is 5.91 Å². The van der Waals surface area contributed by atoms with Gasteiger partial charge in [0.25, 0.3) is 0 Å². The van der Waals surface area contributed by atoms with Gasteiger partial charge in [-0.15, -0.1) is 0 Å². The summed E-state index contributed by atoms with van der Waals surface area (Å²) in [6.07, 6.45) is 3.37. The smallest absolute Gasteiger partial charge is 0.404 e. The quantitative estimate of drug-likeness (QED) is 0.823. The van der Waals surface area contributed by atoms with Crippen molar-refractivity contribution in [2.75, 3.05) is 13.1 Å². The van der Waals surface area contributed by atoms with Crippen LogP contribution in [0.15, 0.2) is 0 Å². The summed E-state index contributed by atoms with van der Waals surface area (Å²) in [5.74, 6) is 0.605. The van der Waals surface area contributed by atoms with Crippen molar-refractivity contribution >= 4 is 12.0 Å². The number of piperidine rings is 1. The predicted molar refractivity (Wildman–Crippen MR) is 71.9 cm³/mol. The number of hydrogen-bond donors (Lipinski definition) is 2. The standard InChI is InChI=1S/C14H24N2O3/c1-14(2)3-5-16(6-4-14)12(17)9-10-7-11(8-10)15-13(18)19/h10-11,15H,3-9H2,1-2H3,(H,18,19)/t10-,11+. The number of likely N-dealkylation sites (tertiary alicyclic amines) is 1. The van der Waals surface area contributed by atoms with E-state index in [9.17, 15) is 9.59 Å². The molecule has 108 valence electrons. The minimum Gasteiger partial charge on any atom is -0.465 e. The molecule has 19 heavy (non-hydrogen) atoms. The Hall–Kier alpha value is -1.26. The van der Waals surface area contributed by atoms with Crippen LogP contribution in [0.25, 0.3) is 0 Å². The van der Waals surface area contributed by atoms with Crippen LogP contribution < -0.4 is 5.32 Å². The first-order chi connectivity index (χ1) is 8.85. The maximum atomic E-state index is 12.1. The topological polar surface area (TPSA) is 69.6 Å². The third kappa shape index (κ3) is 3.85. The molecule has 0 bridgehead atoms. The monoisotopic (exact) mass is 268 g/mol. The van der Waals surface area contributed by atoms with Gasteiger partial charge in [0.15, 0.2) is 0 Å². The molecule has 1 heterocycles. The Morgan fingerprint density at radius 2 is 1.84 bits per heavy atom. The maximum Gasteiger partial charge on any atom is 0.404 e. The van der Waals surface area contributed by atoms with Crippen molar-refractivity contribution in [1.29, 1.82) is 0 Å². The van der Waals surface area contributed by atoms with E-state index in [2.05, 4.69) is 19.2 Å². The second-order valence-corrected chi connectivity index (χ2v) is 6.73. The van der Waals surface area contributed by atoms with Crippen LogP contribution >= 0.6 is 0 Å². The van der Waals surface area contributed by atoms with Crippen LogP contribution in [0.2, 0.25) is 0 Å². The van der Waals surface area contributed by atoms with Crippen molar-refractivity contribution in [3.63, 3.8) is 0 Å². The highest BCUT2D eigenvalue weighted by molar-refractivity contribution is 5.76. The maximum absolute atomic E-state index is 12.1. The lowest BCUT2D eigenvalue weighted by Crippen LogP contribution is -2.46. The van der Waals surface area contributed by atoms with Gasteiger partial charge in [-0.05, 0) is 37.0 Å². The molecule has 2 rings (SSSR count). The van der Waals surface area contributed by atoms with Gasteiger partial charge in [0.05, 0.1) is 0 Å². The Bertz CT molecular complexity index is 352. The number of carbonyl (C=O) groups is 2. The van der Waals surface area contributed by atoms with E-state index in [1.54, 1.807) is 0 Å². The van der Waals surface area contributed by atoms with Crippen LogP contribution in [0.1, 0.15) is 46.0 Å². The molecule has 2 N–H and O–H groups in total. The first kappa shape index (κ1) is 14.2. The molecule has 0 atom stereocenters. The lowest BCUT2D eigenvalue weighted by Gasteiger charge is -2.39. The number of rotatable bonds is 3. The fraction of sp³-hybridized carbons (Fsp3) is 0.857. The first-order valence-electron chi connectivity index (χ1n) is 7.13. The predicted octanol–water partition coefficient (Wildman–Crippen LogP) is 2.07. The summed E-state index contributed by atoms with van der Waals surface area (Å²) in [7, 11) is 0. The third-order valence-electron chi connectivity index (χ3n) is 4.50. The second kappa shape index (κ2) is 5.39. The molecule has 5 heteroatoms. The Morgan fingerprint density at radius 3 is 2.37 bits per heavy atom. The van der Waals surface area contributed by atoms with Gasteiger partial charge in [-0.3, -0.25) is 4.79 Å². The molecule has 0 unspecified atom stereocenters. The normalized spacial score (nSPS) is 29.5. The molecule has 5 nitrogen and oxygen atoms in total. The van der Waals surface area contributed by atoms with E-state index < -0.39 is 6.09 Å². The number of amides is 2. The minimum atomic E-state index is -0.965. The third-order valence-corrected chi connectivity index (χ3v) is 4.50. The molecule has 1 saturated carbocycles.